The highest BCUT2D eigenvalue weighted by molar-refractivity contribution is 5.81. The van der Waals surface area contributed by atoms with Crippen LogP contribution in [0.2, 0.25) is 0 Å². The molecule has 0 spiro atoms. The van der Waals surface area contributed by atoms with Crippen LogP contribution >= 0.6 is 0 Å². The van der Waals surface area contributed by atoms with E-state index >= 15 is 0 Å². The quantitative estimate of drug-likeness (QED) is 0.731. The minimum Gasteiger partial charge on any atom is -0.300 e. The Hall–Kier alpha value is -0.880. The van der Waals surface area contributed by atoms with Gasteiger partial charge >= 0.3 is 0 Å². The number of rotatable bonds is 3. The maximum atomic E-state index is 11.9. The van der Waals surface area contributed by atoms with E-state index in [2.05, 4.69) is 18.0 Å². The molecule has 0 aromatic rings. The van der Waals surface area contributed by atoms with Gasteiger partial charge in [-0.2, -0.15) is 5.26 Å². The van der Waals surface area contributed by atoms with Gasteiger partial charge in [0.15, 0.2) is 0 Å². The van der Waals surface area contributed by atoms with Crippen molar-refractivity contribution < 1.29 is 4.79 Å². The van der Waals surface area contributed by atoms with Gasteiger partial charge in [-0.3, -0.25) is 4.79 Å². The van der Waals surface area contributed by atoms with Gasteiger partial charge in [-0.25, -0.2) is 0 Å². The van der Waals surface area contributed by atoms with Gasteiger partial charge in [0.05, 0.1) is 6.07 Å². The molecule has 2 bridgehead atoms. The van der Waals surface area contributed by atoms with Crippen molar-refractivity contribution in [2.45, 2.75) is 57.0 Å². The number of ketones is 1. The molecule has 2 fully saturated rings. The first-order valence-electron chi connectivity index (χ1n) is 6.34. The molecule has 2 unspecified atom stereocenters. The smallest absolute Gasteiger partial charge is 0.137 e. The average Bonchev–Trinajstić information content (AvgIpc) is 2.25. The van der Waals surface area contributed by atoms with Crippen LogP contribution in [0.15, 0.2) is 0 Å². The zero-order valence-electron chi connectivity index (χ0n) is 9.98. The van der Waals surface area contributed by atoms with Crippen LogP contribution in [0.25, 0.3) is 0 Å². The molecule has 0 amide bonds. The SMILES string of the molecule is CN1C2CCCC1CC(C(=O)CCC#N)C2. The standard InChI is InChI=1S/C13H20N2O/c1-15-11-4-2-5-12(15)9-10(8-11)13(16)6-3-7-14/h10-12H,2-6,8-9H2,1H3. The Morgan fingerprint density at radius 1 is 1.38 bits per heavy atom. The molecule has 2 heterocycles. The summed E-state index contributed by atoms with van der Waals surface area (Å²) in [6.07, 6.45) is 6.71. The number of hydrogen-bond donors (Lipinski definition) is 0. The fourth-order valence-electron chi connectivity index (χ4n) is 3.26. The van der Waals surface area contributed by atoms with Crippen molar-refractivity contribution >= 4 is 5.78 Å². The summed E-state index contributed by atoms with van der Waals surface area (Å²) in [6, 6.07) is 3.29. The second kappa shape index (κ2) is 4.97. The van der Waals surface area contributed by atoms with Gasteiger partial charge in [0.25, 0.3) is 0 Å². The van der Waals surface area contributed by atoms with Crippen LogP contribution in [0, 0.1) is 17.2 Å². The summed E-state index contributed by atoms with van der Waals surface area (Å²) in [4.78, 5) is 14.4. The van der Waals surface area contributed by atoms with Gasteiger partial charge in [0.1, 0.15) is 5.78 Å². The van der Waals surface area contributed by atoms with Gasteiger partial charge in [0.2, 0.25) is 0 Å². The Balaban J connectivity index is 1.94. The molecule has 0 saturated carbocycles. The monoisotopic (exact) mass is 220 g/mol. The summed E-state index contributed by atoms with van der Waals surface area (Å²) in [5, 5.41) is 8.51. The normalized spacial score (nSPS) is 34.4. The summed E-state index contributed by atoms with van der Waals surface area (Å²) in [5.41, 5.74) is 0. The van der Waals surface area contributed by atoms with Crippen molar-refractivity contribution in [3.63, 3.8) is 0 Å². The molecule has 2 rings (SSSR count). The zero-order chi connectivity index (χ0) is 11.5. The number of carbonyl (C=O) groups is 1. The number of hydrogen-bond acceptors (Lipinski definition) is 3. The lowest BCUT2D eigenvalue weighted by atomic mass is 9.76. The first kappa shape index (κ1) is 11.6. The number of Topliss-reactive ketones (excluding diaryl/α,β-unsaturated/α-hetero) is 1. The lowest BCUT2D eigenvalue weighted by Crippen LogP contribution is -2.51. The van der Waals surface area contributed by atoms with Gasteiger partial charge in [-0.15, -0.1) is 0 Å². The molecule has 88 valence electrons. The summed E-state index contributed by atoms with van der Waals surface area (Å²) in [6.45, 7) is 0. The maximum Gasteiger partial charge on any atom is 0.137 e. The minimum atomic E-state index is 0.236. The largest absolute Gasteiger partial charge is 0.300 e. The van der Waals surface area contributed by atoms with Crippen LogP contribution in [0.5, 0.6) is 0 Å². The number of fused-ring (bicyclic) bond motifs is 2. The molecule has 2 aliphatic rings. The molecule has 16 heavy (non-hydrogen) atoms. The predicted octanol–water partition coefficient (Wildman–Crippen LogP) is 2.12. The first-order valence-corrected chi connectivity index (χ1v) is 6.34. The number of carbonyl (C=O) groups excluding carboxylic acids is 1. The third kappa shape index (κ3) is 2.27. The van der Waals surface area contributed by atoms with Crippen LogP contribution in [-0.4, -0.2) is 29.8 Å². The van der Waals surface area contributed by atoms with E-state index < -0.39 is 0 Å². The van der Waals surface area contributed by atoms with E-state index in [4.69, 9.17) is 5.26 Å². The molecule has 0 aromatic heterocycles. The molecule has 2 aliphatic heterocycles. The van der Waals surface area contributed by atoms with E-state index in [1.807, 2.05) is 0 Å². The minimum absolute atomic E-state index is 0.236. The van der Waals surface area contributed by atoms with Crippen LogP contribution in [-0.2, 0) is 4.79 Å². The molecule has 0 aliphatic carbocycles. The molecule has 2 saturated heterocycles. The van der Waals surface area contributed by atoms with E-state index in [0.717, 1.165) is 12.8 Å². The van der Waals surface area contributed by atoms with Crippen molar-refractivity contribution in [1.82, 2.24) is 4.90 Å². The Morgan fingerprint density at radius 2 is 2.00 bits per heavy atom. The fourth-order valence-corrected chi connectivity index (χ4v) is 3.26. The lowest BCUT2D eigenvalue weighted by Gasteiger charge is -2.46. The van der Waals surface area contributed by atoms with E-state index in [1.54, 1.807) is 0 Å². The van der Waals surface area contributed by atoms with Crippen LogP contribution < -0.4 is 0 Å². The molecular weight excluding hydrogens is 200 g/mol. The second-order valence-corrected chi connectivity index (χ2v) is 5.20. The zero-order valence-corrected chi connectivity index (χ0v) is 9.98. The third-order valence-electron chi connectivity index (χ3n) is 4.28. The summed E-state index contributed by atoms with van der Waals surface area (Å²) >= 11 is 0. The Labute approximate surface area is 97.4 Å². The van der Waals surface area contributed by atoms with Crippen molar-refractivity contribution in [1.29, 1.82) is 5.26 Å². The predicted molar refractivity (Wildman–Crippen MR) is 61.8 cm³/mol. The van der Waals surface area contributed by atoms with E-state index in [0.29, 0.717) is 30.7 Å². The van der Waals surface area contributed by atoms with Gasteiger partial charge in [-0.05, 0) is 32.7 Å². The lowest BCUT2D eigenvalue weighted by molar-refractivity contribution is -0.126. The molecular formula is C13H20N2O. The van der Waals surface area contributed by atoms with Crippen LogP contribution in [0.1, 0.15) is 44.9 Å². The molecule has 2 atom stereocenters. The second-order valence-electron chi connectivity index (χ2n) is 5.20. The van der Waals surface area contributed by atoms with Gasteiger partial charge in [0, 0.05) is 30.8 Å². The fraction of sp³-hybridized carbons (Fsp3) is 0.846. The highest BCUT2D eigenvalue weighted by Gasteiger charge is 2.38. The van der Waals surface area contributed by atoms with E-state index in [1.165, 1.54) is 19.3 Å². The maximum absolute atomic E-state index is 11.9. The third-order valence-corrected chi connectivity index (χ3v) is 4.28. The molecule has 3 nitrogen and oxygen atoms in total. The van der Waals surface area contributed by atoms with Crippen molar-refractivity contribution in [3.8, 4) is 6.07 Å². The van der Waals surface area contributed by atoms with E-state index in [9.17, 15) is 4.79 Å². The van der Waals surface area contributed by atoms with Crippen molar-refractivity contribution in [2.75, 3.05) is 7.05 Å². The van der Waals surface area contributed by atoms with Crippen molar-refractivity contribution in [3.05, 3.63) is 0 Å². The Morgan fingerprint density at radius 3 is 2.56 bits per heavy atom. The molecule has 0 N–H and O–H groups in total. The highest BCUT2D eigenvalue weighted by Crippen LogP contribution is 2.36. The molecule has 0 aromatic carbocycles. The van der Waals surface area contributed by atoms with Gasteiger partial charge < -0.3 is 4.90 Å². The summed E-state index contributed by atoms with van der Waals surface area (Å²) in [5.74, 6) is 0.561. The van der Waals surface area contributed by atoms with Gasteiger partial charge in [-0.1, -0.05) is 6.42 Å². The highest BCUT2D eigenvalue weighted by atomic mass is 16.1. The molecule has 0 radical (unpaired) electrons. The van der Waals surface area contributed by atoms with E-state index in [-0.39, 0.29) is 5.92 Å². The van der Waals surface area contributed by atoms with Crippen molar-refractivity contribution in [2.24, 2.45) is 5.92 Å². The average molecular weight is 220 g/mol. The number of nitrogens with zero attached hydrogens (tertiary/aromatic N) is 2. The Kier molecular flexibility index (Phi) is 3.60. The number of nitriles is 1. The molecule has 3 heteroatoms. The van der Waals surface area contributed by atoms with Crippen LogP contribution in [0.4, 0.5) is 0 Å². The Bertz CT molecular complexity index is 294. The number of piperidine rings is 2. The summed E-state index contributed by atoms with van der Waals surface area (Å²) in [7, 11) is 2.20. The topological polar surface area (TPSA) is 44.1 Å². The van der Waals surface area contributed by atoms with Crippen LogP contribution in [0.3, 0.4) is 0 Å². The summed E-state index contributed by atoms with van der Waals surface area (Å²) < 4.78 is 0. The first-order chi connectivity index (χ1) is 7.72.